The summed E-state index contributed by atoms with van der Waals surface area (Å²) in [4.78, 5) is 15.4. The van der Waals surface area contributed by atoms with E-state index in [0.29, 0.717) is 0 Å². The predicted octanol–water partition coefficient (Wildman–Crippen LogP) is 5.23. The van der Waals surface area contributed by atoms with E-state index in [2.05, 4.69) is 35.4 Å². The lowest BCUT2D eigenvalue weighted by Gasteiger charge is -2.19. The Kier molecular flexibility index (Phi) is 3.76. The van der Waals surface area contributed by atoms with Gasteiger partial charge in [0.2, 0.25) is 0 Å². The predicted molar refractivity (Wildman–Crippen MR) is 95.0 cm³/mol. The number of para-hydroxylation sites is 1. The second kappa shape index (κ2) is 5.61. The second-order valence-corrected chi connectivity index (χ2v) is 6.71. The number of benzene rings is 2. The maximum Gasteiger partial charge on any atom is 0.412 e. The van der Waals surface area contributed by atoms with Crippen LogP contribution in [0.25, 0.3) is 21.8 Å². The number of rotatable bonds is 2. The minimum atomic E-state index is -0.509. The van der Waals surface area contributed by atoms with Crippen molar-refractivity contribution in [3.63, 3.8) is 0 Å². The van der Waals surface area contributed by atoms with Crippen molar-refractivity contribution in [2.45, 2.75) is 39.7 Å². The zero-order valence-corrected chi connectivity index (χ0v) is 14.0. The van der Waals surface area contributed by atoms with E-state index in [0.717, 1.165) is 23.0 Å². The quantitative estimate of drug-likeness (QED) is 0.681. The Morgan fingerprint density at radius 2 is 1.96 bits per heavy atom. The van der Waals surface area contributed by atoms with Gasteiger partial charge in [-0.2, -0.15) is 0 Å². The number of anilines is 1. The molecule has 23 heavy (non-hydrogen) atoms. The fourth-order valence-electron chi connectivity index (χ4n) is 2.78. The average molecular weight is 310 g/mol. The van der Waals surface area contributed by atoms with Crippen LogP contribution in [-0.4, -0.2) is 16.7 Å². The van der Waals surface area contributed by atoms with Crippen molar-refractivity contribution in [3.05, 3.63) is 42.0 Å². The molecule has 0 atom stereocenters. The van der Waals surface area contributed by atoms with Crippen LogP contribution >= 0.6 is 0 Å². The highest BCUT2D eigenvalue weighted by molar-refractivity contribution is 6.09. The molecule has 1 amide bonds. The first-order valence-corrected chi connectivity index (χ1v) is 7.91. The molecule has 0 aliphatic carbocycles. The molecule has 0 saturated heterocycles. The van der Waals surface area contributed by atoms with Crippen molar-refractivity contribution in [1.82, 2.24) is 4.98 Å². The standard InChI is InChI=1S/C19H22N2O2/c1-5-12-7-6-8-15-14-10-9-13(11-16(14)21-17(12)15)20-18(22)23-19(2,3)4/h6-11,21H,5H2,1-4H3,(H,20,22). The lowest BCUT2D eigenvalue weighted by molar-refractivity contribution is 0.0636. The van der Waals surface area contributed by atoms with Gasteiger partial charge in [-0.1, -0.05) is 31.2 Å². The van der Waals surface area contributed by atoms with E-state index in [9.17, 15) is 4.79 Å². The number of aromatic amines is 1. The van der Waals surface area contributed by atoms with Gasteiger partial charge in [0.25, 0.3) is 0 Å². The molecule has 0 saturated carbocycles. The minimum Gasteiger partial charge on any atom is -0.444 e. The number of carbonyl (C=O) groups is 1. The number of H-pyrrole nitrogens is 1. The van der Waals surface area contributed by atoms with Gasteiger partial charge in [0.15, 0.2) is 0 Å². The molecule has 0 fully saturated rings. The van der Waals surface area contributed by atoms with Crippen LogP contribution in [0, 0.1) is 0 Å². The molecule has 0 bridgehead atoms. The van der Waals surface area contributed by atoms with Gasteiger partial charge in [-0.05, 0) is 44.9 Å². The Morgan fingerprint density at radius 3 is 2.65 bits per heavy atom. The number of fused-ring (bicyclic) bond motifs is 3. The maximum atomic E-state index is 11.9. The van der Waals surface area contributed by atoms with Gasteiger partial charge >= 0.3 is 6.09 Å². The molecular weight excluding hydrogens is 288 g/mol. The third-order valence-corrected chi connectivity index (χ3v) is 3.75. The van der Waals surface area contributed by atoms with Gasteiger partial charge in [-0.25, -0.2) is 4.79 Å². The number of carbonyl (C=O) groups excluding carboxylic acids is 1. The second-order valence-electron chi connectivity index (χ2n) is 6.71. The highest BCUT2D eigenvalue weighted by atomic mass is 16.6. The monoisotopic (exact) mass is 310 g/mol. The van der Waals surface area contributed by atoms with Crippen molar-refractivity contribution in [1.29, 1.82) is 0 Å². The number of hydrogen-bond acceptors (Lipinski definition) is 2. The number of aryl methyl sites for hydroxylation is 1. The largest absolute Gasteiger partial charge is 0.444 e. The van der Waals surface area contributed by atoms with Crippen molar-refractivity contribution < 1.29 is 9.53 Å². The first-order chi connectivity index (χ1) is 10.9. The van der Waals surface area contributed by atoms with Crippen molar-refractivity contribution in [3.8, 4) is 0 Å². The number of aromatic nitrogens is 1. The Hall–Kier alpha value is -2.49. The van der Waals surface area contributed by atoms with Crippen LogP contribution in [0.4, 0.5) is 10.5 Å². The third kappa shape index (κ3) is 3.16. The van der Waals surface area contributed by atoms with Gasteiger partial charge in [-0.15, -0.1) is 0 Å². The smallest absolute Gasteiger partial charge is 0.412 e. The summed E-state index contributed by atoms with van der Waals surface area (Å²) >= 11 is 0. The Morgan fingerprint density at radius 1 is 1.17 bits per heavy atom. The molecule has 0 spiro atoms. The fourth-order valence-corrected chi connectivity index (χ4v) is 2.78. The number of amides is 1. The van der Waals surface area contributed by atoms with Crippen LogP contribution in [0.3, 0.4) is 0 Å². The number of nitrogens with one attached hydrogen (secondary N) is 2. The van der Waals surface area contributed by atoms with E-state index in [-0.39, 0.29) is 0 Å². The van der Waals surface area contributed by atoms with E-state index >= 15 is 0 Å². The van der Waals surface area contributed by atoms with Gasteiger partial charge < -0.3 is 9.72 Å². The zero-order valence-electron chi connectivity index (χ0n) is 14.0. The van der Waals surface area contributed by atoms with Gasteiger partial charge in [0.05, 0.1) is 0 Å². The number of hydrogen-bond donors (Lipinski definition) is 2. The summed E-state index contributed by atoms with van der Waals surface area (Å²) in [5, 5.41) is 5.15. The van der Waals surface area contributed by atoms with Crippen molar-refractivity contribution in [2.75, 3.05) is 5.32 Å². The SMILES string of the molecule is CCc1cccc2c1[nH]c1cc(NC(=O)OC(C)(C)C)ccc12. The van der Waals surface area contributed by atoms with E-state index in [4.69, 9.17) is 4.74 Å². The average Bonchev–Trinajstić information content (AvgIpc) is 2.82. The Labute approximate surface area is 135 Å². The summed E-state index contributed by atoms with van der Waals surface area (Å²) in [5.41, 5.74) is 3.68. The first kappa shape index (κ1) is 15.4. The van der Waals surface area contributed by atoms with E-state index < -0.39 is 11.7 Å². The highest BCUT2D eigenvalue weighted by Gasteiger charge is 2.16. The molecule has 0 unspecified atom stereocenters. The van der Waals surface area contributed by atoms with E-state index in [1.807, 2.05) is 39.0 Å². The molecule has 1 heterocycles. The van der Waals surface area contributed by atoms with Gasteiger partial charge in [0.1, 0.15) is 5.60 Å². The lowest BCUT2D eigenvalue weighted by atomic mass is 10.1. The molecular formula is C19H22N2O2. The van der Waals surface area contributed by atoms with Crippen LogP contribution in [0.15, 0.2) is 36.4 Å². The molecule has 0 aliphatic rings. The summed E-state index contributed by atoms with van der Waals surface area (Å²) in [6.45, 7) is 7.69. The highest BCUT2D eigenvalue weighted by Crippen LogP contribution is 2.29. The fraction of sp³-hybridized carbons (Fsp3) is 0.316. The van der Waals surface area contributed by atoms with Crippen LogP contribution < -0.4 is 5.32 Å². The molecule has 2 N–H and O–H groups in total. The van der Waals surface area contributed by atoms with Crippen LogP contribution in [-0.2, 0) is 11.2 Å². The van der Waals surface area contributed by atoms with Crippen LogP contribution in [0.2, 0.25) is 0 Å². The van der Waals surface area contributed by atoms with Crippen molar-refractivity contribution >= 4 is 33.6 Å². The molecule has 3 rings (SSSR count). The normalized spacial score (nSPS) is 11.8. The molecule has 0 radical (unpaired) electrons. The summed E-state index contributed by atoms with van der Waals surface area (Å²) in [6.07, 6.45) is 0.537. The zero-order chi connectivity index (χ0) is 16.6. The number of ether oxygens (including phenoxy) is 1. The lowest BCUT2D eigenvalue weighted by Crippen LogP contribution is -2.27. The minimum absolute atomic E-state index is 0.442. The summed E-state index contributed by atoms with van der Waals surface area (Å²) in [6, 6.07) is 12.2. The molecule has 3 aromatic rings. The summed E-state index contributed by atoms with van der Waals surface area (Å²) in [7, 11) is 0. The van der Waals surface area contributed by atoms with Crippen molar-refractivity contribution in [2.24, 2.45) is 0 Å². The van der Waals surface area contributed by atoms with Crippen LogP contribution in [0.1, 0.15) is 33.3 Å². The first-order valence-electron chi connectivity index (χ1n) is 7.91. The van der Waals surface area contributed by atoms with Gasteiger partial charge in [-0.3, -0.25) is 5.32 Å². The topological polar surface area (TPSA) is 54.1 Å². The Balaban J connectivity index is 1.96. The van der Waals surface area contributed by atoms with E-state index in [1.165, 1.54) is 16.5 Å². The molecule has 120 valence electrons. The summed E-state index contributed by atoms with van der Waals surface area (Å²) in [5.74, 6) is 0. The van der Waals surface area contributed by atoms with Crippen LogP contribution in [0.5, 0.6) is 0 Å². The molecule has 1 aromatic heterocycles. The summed E-state index contributed by atoms with van der Waals surface area (Å²) < 4.78 is 5.29. The maximum absolute atomic E-state index is 11.9. The van der Waals surface area contributed by atoms with Gasteiger partial charge in [0, 0.05) is 27.5 Å². The molecule has 0 aliphatic heterocycles. The third-order valence-electron chi connectivity index (χ3n) is 3.75. The van der Waals surface area contributed by atoms with E-state index in [1.54, 1.807) is 0 Å². The molecule has 4 nitrogen and oxygen atoms in total. The Bertz CT molecular complexity index is 872. The molecule has 2 aromatic carbocycles. The molecule has 4 heteroatoms.